The number of imidazole rings is 1. The summed E-state index contributed by atoms with van der Waals surface area (Å²) in [6.07, 6.45) is 7.82. The minimum atomic E-state index is 0.520. The van der Waals surface area contributed by atoms with Crippen molar-refractivity contribution in [2.75, 3.05) is 6.61 Å². The number of hydrogen-bond acceptors (Lipinski definition) is 2. The number of epoxide rings is 1. The number of nitrogens with zero attached hydrogens (tertiary/aromatic N) is 2. The Kier molecular flexibility index (Phi) is 2.64. The summed E-state index contributed by atoms with van der Waals surface area (Å²) in [6.45, 7) is 4.23. The van der Waals surface area contributed by atoms with E-state index < -0.39 is 0 Å². The van der Waals surface area contributed by atoms with E-state index in [0.29, 0.717) is 6.10 Å². The van der Waals surface area contributed by atoms with Crippen LogP contribution in [0.3, 0.4) is 0 Å². The second kappa shape index (κ2) is 3.92. The summed E-state index contributed by atoms with van der Waals surface area (Å²) in [5.74, 6) is 1.21. The van der Waals surface area contributed by atoms with Crippen LogP contribution < -0.4 is 0 Å². The first-order valence-corrected chi connectivity index (χ1v) is 5.01. The van der Waals surface area contributed by atoms with E-state index in [-0.39, 0.29) is 0 Å². The van der Waals surface area contributed by atoms with Gasteiger partial charge in [0.1, 0.15) is 5.82 Å². The van der Waals surface area contributed by atoms with Crippen molar-refractivity contribution in [3.8, 4) is 0 Å². The zero-order chi connectivity index (χ0) is 9.10. The van der Waals surface area contributed by atoms with Crippen LogP contribution in [-0.4, -0.2) is 22.3 Å². The molecule has 3 heteroatoms. The third-order valence-electron chi connectivity index (χ3n) is 2.36. The molecule has 0 bridgehead atoms. The molecule has 72 valence electrons. The van der Waals surface area contributed by atoms with Gasteiger partial charge in [0.25, 0.3) is 0 Å². The van der Waals surface area contributed by atoms with Crippen LogP contribution in [0.1, 0.15) is 25.6 Å². The van der Waals surface area contributed by atoms with E-state index in [1.165, 1.54) is 12.2 Å². The van der Waals surface area contributed by atoms with Gasteiger partial charge in [-0.1, -0.05) is 6.92 Å². The Morgan fingerprint density at radius 2 is 2.54 bits per heavy atom. The molecule has 0 aromatic carbocycles. The molecule has 1 aliphatic heterocycles. The predicted molar refractivity (Wildman–Crippen MR) is 50.6 cm³/mol. The summed E-state index contributed by atoms with van der Waals surface area (Å²) in [4.78, 5) is 4.34. The van der Waals surface area contributed by atoms with Crippen molar-refractivity contribution in [1.82, 2.24) is 9.55 Å². The average molecular weight is 180 g/mol. The van der Waals surface area contributed by atoms with Gasteiger partial charge in [0.2, 0.25) is 0 Å². The summed E-state index contributed by atoms with van der Waals surface area (Å²) < 4.78 is 7.41. The standard InChI is InChI=1S/C10H16N2O/c1-2-6-12-7-5-11-10(12)4-3-9-8-13-9/h5,7,9H,2-4,6,8H2,1H3. The maximum Gasteiger partial charge on any atom is 0.108 e. The average Bonchev–Trinajstić information content (AvgIpc) is 2.86. The molecular formula is C10H16N2O. The van der Waals surface area contributed by atoms with E-state index in [1.807, 2.05) is 6.20 Å². The van der Waals surface area contributed by atoms with Crippen molar-refractivity contribution in [3.05, 3.63) is 18.2 Å². The molecule has 0 aliphatic carbocycles. The highest BCUT2D eigenvalue weighted by atomic mass is 16.6. The van der Waals surface area contributed by atoms with E-state index >= 15 is 0 Å². The lowest BCUT2D eigenvalue weighted by Gasteiger charge is -2.04. The van der Waals surface area contributed by atoms with Crippen LogP contribution in [0.25, 0.3) is 0 Å². The molecule has 13 heavy (non-hydrogen) atoms. The normalized spacial score (nSPS) is 20.5. The van der Waals surface area contributed by atoms with Crippen LogP contribution >= 0.6 is 0 Å². The molecule has 1 fully saturated rings. The number of hydrogen-bond donors (Lipinski definition) is 0. The Morgan fingerprint density at radius 1 is 1.69 bits per heavy atom. The van der Waals surface area contributed by atoms with Gasteiger partial charge in [-0.25, -0.2) is 4.98 Å². The van der Waals surface area contributed by atoms with Gasteiger partial charge in [-0.15, -0.1) is 0 Å². The molecule has 1 saturated heterocycles. The summed E-state index contributed by atoms with van der Waals surface area (Å²) in [5, 5.41) is 0. The van der Waals surface area contributed by atoms with Gasteiger partial charge in [-0.3, -0.25) is 0 Å². The summed E-state index contributed by atoms with van der Waals surface area (Å²) in [5.41, 5.74) is 0. The molecule has 0 saturated carbocycles. The highest BCUT2D eigenvalue weighted by molar-refractivity contribution is 4.93. The van der Waals surface area contributed by atoms with Crippen molar-refractivity contribution >= 4 is 0 Å². The largest absolute Gasteiger partial charge is 0.373 e. The van der Waals surface area contributed by atoms with E-state index in [4.69, 9.17) is 4.74 Å². The van der Waals surface area contributed by atoms with Crippen LogP contribution in [0.5, 0.6) is 0 Å². The van der Waals surface area contributed by atoms with Gasteiger partial charge < -0.3 is 9.30 Å². The minimum absolute atomic E-state index is 0.520. The van der Waals surface area contributed by atoms with Gasteiger partial charge in [0, 0.05) is 25.4 Å². The zero-order valence-corrected chi connectivity index (χ0v) is 8.07. The minimum Gasteiger partial charge on any atom is -0.373 e. The van der Waals surface area contributed by atoms with Gasteiger partial charge in [0.05, 0.1) is 12.7 Å². The van der Waals surface area contributed by atoms with E-state index in [9.17, 15) is 0 Å². The molecular weight excluding hydrogens is 164 g/mol. The Bertz CT molecular complexity index is 266. The van der Waals surface area contributed by atoms with Crippen LogP contribution in [0.4, 0.5) is 0 Å². The lowest BCUT2D eigenvalue weighted by molar-refractivity contribution is 0.394. The van der Waals surface area contributed by atoms with E-state index in [1.54, 1.807) is 0 Å². The monoisotopic (exact) mass is 180 g/mol. The Labute approximate surface area is 78.7 Å². The first-order valence-electron chi connectivity index (χ1n) is 5.01. The van der Waals surface area contributed by atoms with Crippen molar-refractivity contribution in [3.63, 3.8) is 0 Å². The summed E-state index contributed by atoms with van der Waals surface area (Å²) in [6, 6.07) is 0. The zero-order valence-electron chi connectivity index (χ0n) is 8.07. The first kappa shape index (κ1) is 8.75. The first-order chi connectivity index (χ1) is 6.40. The van der Waals surface area contributed by atoms with Crippen molar-refractivity contribution < 1.29 is 4.74 Å². The van der Waals surface area contributed by atoms with Crippen molar-refractivity contribution in [2.24, 2.45) is 0 Å². The molecule has 2 heterocycles. The topological polar surface area (TPSA) is 30.4 Å². The number of ether oxygens (including phenoxy) is 1. The molecule has 1 atom stereocenters. The second-order valence-corrected chi connectivity index (χ2v) is 3.53. The van der Waals surface area contributed by atoms with Crippen LogP contribution in [-0.2, 0) is 17.7 Å². The summed E-state index contributed by atoms with van der Waals surface area (Å²) >= 11 is 0. The fourth-order valence-electron chi connectivity index (χ4n) is 1.54. The molecule has 2 rings (SSSR count). The lowest BCUT2D eigenvalue weighted by Crippen LogP contribution is -2.03. The molecule has 0 N–H and O–H groups in total. The Hall–Kier alpha value is -0.830. The summed E-state index contributed by atoms with van der Waals surface area (Å²) in [7, 11) is 0. The molecule has 1 aliphatic rings. The maximum absolute atomic E-state index is 5.17. The highest BCUT2D eigenvalue weighted by Gasteiger charge is 2.22. The molecule has 3 nitrogen and oxygen atoms in total. The number of rotatable bonds is 5. The highest BCUT2D eigenvalue weighted by Crippen LogP contribution is 2.16. The van der Waals surface area contributed by atoms with Gasteiger partial charge in [-0.2, -0.15) is 0 Å². The fourth-order valence-corrected chi connectivity index (χ4v) is 1.54. The molecule has 0 radical (unpaired) electrons. The van der Waals surface area contributed by atoms with E-state index in [2.05, 4.69) is 22.7 Å². The van der Waals surface area contributed by atoms with Crippen molar-refractivity contribution in [1.29, 1.82) is 0 Å². The molecule has 1 unspecified atom stereocenters. The Balaban J connectivity index is 1.88. The van der Waals surface area contributed by atoms with Crippen LogP contribution in [0.15, 0.2) is 12.4 Å². The quantitative estimate of drug-likeness (QED) is 0.645. The number of aryl methyl sites for hydroxylation is 2. The Morgan fingerprint density at radius 3 is 3.23 bits per heavy atom. The number of aromatic nitrogens is 2. The molecule has 1 aromatic rings. The molecule has 0 amide bonds. The van der Waals surface area contributed by atoms with Crippen molar-refractivity contribution in [2.45, 2.75) is 38.8 Å². The van der Waals surface area contributed by atoms with Gasteiger partial charge >= 0.3 is 0 Å². The van der Waals surface area contributed by atoms with Crippen LogP contribution in [0.2, 0.25) is 0 Å². The van der Waals surface area contributed by atoms with Crippen LogP contribution in [0, 0.1) is 0 Å². The smallest absolute Gasteiger partial charge is 0.108 e. The maximum atomic E-state index is 5.17. The third kappa shape index (κ3) is 2.31. The molecule has 0 spiro atoms. The second-order valence-electron chi connectivity index (χ2n) is 3.53. The van der Waals surface area contributed by atoms with Gasteiger partial charge in [0.15, 0.2) is 0 Å². The SMILES string of the molecule is CCCn1ccnc1CCC1CO1. The fraction of sp³-hybridized carbons (Fsp3) is 0.700. The predicted octanol–water partition coefficient (Wildman–Crippen LogP) is 1.62. The third-order valence-corrected chi connectivity index (χ3v) is 2.36. The van der Waals surface area contributed by atoms with E-state index in [0.717, 1.165) is 26.0 Å². The lowest BCUT2D eigenvalue weighted by atomic mass is 10.2. The molecule has 1 aromatic heterocycles. The van der Waals surface area contributed by atoms with Gasteiger partial charge in [-0.05, 0) is 12.8 Å².